The lowest BCUT2D eigenvalue weighted by molar-refractivity contribution is 0.585. The molecule has 0 aliphatic carbocycles. The lowest BCUT2D eigenvalue weighted by atomic mass is 10.0. The molecule has 0 aliphatic rings. The van der Waals surface area contributed by atoms with Crippen molar-refractivity contribution in [2.75, 3.05) is 0 Å². The maximum absolute atomic E-state index is 3.76. The molecule has 0 saturated heterocycles. The fourth-order valence-corrected chi connectivity index (χ4v) is 1.01. The van der Waals surface area contributed by atoms with Gasteiger partial charge in [-0.3, -0.25) is 0 Å². The summed E-state index contributed by atoms with van der Waals surface area (Å²) in [6.45, 7) is 12.1. The fraction of sp³-hybridized carbons (Fsp3) is 0.692. The van der Waals surface area contributed by atoms with E-state index in [-0.39, 0.29) is 0 Å². The van der Waals surface area contributed by atoms with Crippen molar-refractivity contribution in [2.45, 2.75) is 53.4 Å². The van der Waals surface area contributed by atoms with Gasteiger partial charge >= 0.3 is 0 Å². The molecule has 0 rings (SSSR count). The molecule has 0 aliphatic heterocycles. The monoisotopic (exact) mass is 182 g/mol. The van der Waals surface area contributed by atoms with E-state index in [1.54, 1.807) is 0 Å². The Hall–Kier alpha value is -0.520. The Morgan fingerprint density at radius 2 is 1.85 bits per heavy atom. The summed E-state index contributed by atoms with van der Waals surface area (Å²) in [6, 6.07) is 0. The maximum atomic E-state index is 3.76. The highest BCUT2D eigenvalue weighted by atomic mass is 14.0. The quantitative estimate of drug-likeness (QED) is 0.402. The van der Waals surface area contributed by atoms with Crippen molar-refractivity contribution in [3.8, 4) is 0 Å². The molecule has 0 heteroatoms. The second-order valence-corrected chi connectivity index (χ2v) is 3.07. The molecule has 0 aromatic rings. The van der Waals surface area contributed by atoms with E-state index < -0.39 is 0 Å². The van der Waals surface area contributed by atoms with Crippen molar-refractivity contribution in [2.24, 2.45) is 5.92 Å². The molecule has 0 fully saturated rings. The highest BCUT2D eigenvalue weighted by Crippen LogP contribution is 2.09. The van der Waals surface area contributed by atoms with E-state index in [1.165, 1.54) is 25.7 Å². The predicted molar refractivity (Wildman–Crippen MR) is 64.0 cm³/mol. The van der Waals surface area contributed by atoms with Gasteiger partial charge < -0.3 is 0 Å². The van der Waals surface area contributed by atoms with Gasteiger partial charge in [0.2, 0.25) is 0 Å². The Labute approximate surface area is 84.7 Å². The third-order valence-electron chi connectivity index (χ3n) is 1.92. The minimum atomic E-state index is 0.695. The Morgan fingerprint density at radius 1 is 1.23 bits per heavy atom. The smallest absolute Gasteiger partial charge is 0.0265 e. The summed E-state index contributed by atoms with van der Waals surface area (Å²) in [6.07, 6.45) is 11.6. The molecule has 0 saturated carbocycles. The van der Waals surface area contributed by atoms with E-state index in [1.807, 2.05) is 19.9 Å². The molecule has 78 valence electrons. The van der Waals surface area contributed by atoms with Crippen molar-refractivity contribution < 1.29 is 0 Å². The molecule has 0 amide bonds. The highest BCUT2D eigenvalue weighted by Gasteiger charge is 1.93. The Morgan fingerprint density at radius 3 is 2.31 bits per heavy atom. The minimum Gasteiger partial charge on any atom is -0.103 e. The zero-order valence-electron chi connectivity index (χ0n) is 9.84. The second-order valence-electron chi connectivity index (χ2n) is 3.07. The van der Waals surface area contributed by atoms with Gasteiger partial charge in [0.1, 0.15) is 0 Å². The van der Waals surface area contributed by atoms with Crippen LogP contribution in [0.1, 0.15) is 53.4 Å². The first-order chi connectivity index (χ1) is 6.31. The number of allylic oxidation sites excluding steroid dienone is 3. The minimum absolute atomic E-state index is 0.695. The molecule has 0 spiro atoms. The Balaban J connectivity index is 0. The summed E-state index contributed by atoms with van der Waals surface area (Å²) in [5, 5.41) is 0. The molecule has 0 bridgehead atoms. The predicted octanol–water partition coefficient (Wildman–Crippen LogP) is 4.97. The lowest BCUT2D eigenvalue weighted by Gasteiger charge is -2.02. The molecule has 0 aromatic carbocycles. The van der Waals surface area contributed by atoms with Gasteiger partial charge in [-0.25, -0.2) is 0 Å². The molecule has 0 aromatic heterocycles. The average molecular weight is 182 g/mol. The molecule has 0 heterocycles. The SMILES string of the molecule is C=CC(C)CCCC/C=C\C.CC. The van der Waals surface area contributed by atoms with Crippen LogP contribution in [0.15, 0.2) is 24.8 Å². The zero-order chi connectivity index (χ0) is 10.5. The van der Waals surface area contributed by atoms with Gasteiger partial charge in [0.15, 0.2) is 0 Å². The van der Waals surface area contributed by atoms with Crippen LogP contribution in [0.25, 0.3) is 0 Å². The second kappa shape index (κ2) is 14.0. The summed E-state index contributed by atoms with van der Waals surface area (Å²) in [7, 11) is 0. The van der Waals surface area contributed by atoms with E-state index in [0.29, 0.717) is 5.92 Å². The van der Waals surface area contributed by atoms with Gasteiger partial charge in [0.25, 0.3) is 0 Å². The Kier molecular flexibility index (Phi) is 16.2. The summed E-state index contributed by atoms with van der Waals surface area (Å²) in [4.78, 5) is 0. The molecular weight excluding hydrogens is 156 g/mol. The summed E-state index contributed by atoms with van der Waals surface area (Å²) >= 11 is 0. The summed E-state index contributed by atoms with van der Waals surface area (Å²) in [5.41, 5.74) is 0. The van der Waals surface area contributed by atoms with Crippen LogP contribution in [0.2, 0.25) is 0 Å². The molecule has 0 radical (unpaired) electrons. The van der Waals surface area contributed by atoms with Gasteiger partial charge in [-0.1, -0.05) is 45.4 Å². The molecule has 0 nitrogen and oxygen atoms in total. The van der Waals surface area contributed by atoms with Crippen LogP contribution in [-0.2, 0) is 0 Å². The normalized spacial score (nSPS) is 12.0. The molecular formula is C13H26. The van der Waals surface area contributed by atoms with E-state index >= 15 is 0 Å². The fourth-order valence-electron chi connectivity index (χ4n) is 1.01. The van der Waals surface area contributed by atoms with Crippen molar-refractivity contribution in [3.05, 3.63) is 24.8 Å². The first-order valence-electron chi connectivity index (χ1n) is 5.55. The maximum Gasteiger partial charge on any atom is -0.0265 e. The first-order valence-corrected chi connectivity index (χ1v) is 5.55. The zero-order valence-corrected chi connectivity index (χ0v) is 9.84. The topological polar surface area (TPSA) is 0 Å². The number of hydrogen-bond donors (Lipinski definition) is 0. The lowest BCUT2D eigenvalue weighted by Crippen LogP contribution is -1.87. The Bertz CT molecular complexity index is 111. The van der Waals surface area contributed by atoms with Crippen LogP contribution in [0, 0.1) is 5.92 Å². The molecule has 1 atom stereocenters. The largest absolute Gasteiger partial charge is 0.103 e. The van der Waals surface area contributed by atoms with Crippen molar-refractivity contribution in [3.63, 3.8) is 0 Å². The van der Waals surface area contributed by atoms with Gasteiger partial charge in [-0.2, -0.15) is 0 Å². The van der Waals surface area contributed by atoms with Crippen molar-refractivity contribution >= 4 is 0 Å². The van der Waals surface area contributed by atoms with Gasteiger partial charge in [0, 0.05) is 0 Å². The average Bonchev–Trinajstić information content (AvgIpc) is 2.20. The van der Waals surface area contributed by atoms with Gasteiger partial charge in [-0.05, 0) is 32.1 Å². The van der Waals surface area contributed by atoms with Crippen LogP contribution in [0.3, 0.4) is 0 Å². The van der Waals surface area contributed by atoms with Gasteiger partial charge in [0.05, 0.1) is 0 Å². The van der Waals surface area contributed by atoms with Crippen LogP contribution >= 0.6 is 0 Å². The summed E-state index contributed by atoms with van der Waals surface area (Å²) in [5.74, 6) is 0.695. The third kappa shape index (κ3) is 14.3. The number of unbranched alkanes of at least 4 members (excludes halogenated alkanes) is 2. The third-order valence-corrected chi connectivity index (χ3v) is 1.92. The molecule has 13 heavy (non-hydrogen) atoms. The van der Waals surface area contributed by atoms with Crippen molar-refractivity contribution in [1.82, 2.24) is 0 Å². The standard InChI is InChI=1S/C11H20.C2H6/c1-4-6-7-8-9-10-11(3)5-2;1-2/h4-6,11H,2,7-10H2,1,3H3;1-2H3/b6-4-;. The van der Waals surface area contributed by atoms with Crippen molar-refractivity contribution in [1.29, 1.82) is 0 Å². The van der Waals surface area contributed by atoms with E-state index in [9.17, 15) is 0 Å². The van der Waals surface area contributed by atoms with E-state index in [0.717, 1.165) is 0 Å². The molecule has 1 unspecified atom stereocenters. The van der Waals surface area contributed by atoms with Crippen LogP contribution in [0.5, 0.6) is 0 Å². The summed E-state index contributed by atoms with van der Waals surface area (Å²) < 4.78 is 0. The van der Waals surface area contributed by atoms with Crippen LogP contribution in [-0.4, -0.2) is 0 Å². The number of hydrogen-bond acceptors (Lipinski definition) is 0. The van der Waals surface area contributed by atoms with Gasteiger partial charge in [-0.15, -0.1) is 6.58 Å². The van der Waals surface area contributed by atoms with Crippen LogP contribution < -0.4 is 0 Å². The highest BCUT2D eigenvalue weighted by molar-refractivity contribution is 4.78. The molecule has 0 N–H and O–H groups in total. The van der Waals surface area contributed by atoms with E-state index in [2.05, 4.69) is 32.6 Å². The van der Waals surface area contributed by atoms with E-state index in [4.69, 9.17) is 0 Å². The van der Waals surface area contributed by atoms with Crippen LogP contribution in [0.4, 0.5) is 0 Å². The number of rotatable bonds is 6. The first kappa shape index (κ1) is 15.0.